The maximum atomic E-state index is 13.3. The number of aryl methyl sites for hydroxylation is 1. The van der Waals surface area contributed by atoms with E-state index in [0.29, 0.717) is 5.69 Å². The van der Waals surface area contributed by atoms with Crippen molar-refractivity contribution in [2.24, 2.45) is 0 Å². The maximum Gasteiger partial charge on any atom is 0.417 e. The summed E-state index contributed by atoms with van der Waals surface area (Å²) in [7, 11) is 0. The summed E-state index contributed by atoms with van der Waals surface area (Å²) in [6.07, 6.45) is -4.60. The largest absolute Gasteiger partial charge is 0.417 e. The van der Waals surface area contributed by atoms with Gasteiger partial charge in [0.1, 0.15) is 11.1 Å². The van der Waals surface area contributed by atoms with E-state index in [4.69, 9.17) is 5.26 Å². The predicted octanol–water partition coefficient (Wildman–Crippen LogP) is 4.71. The van der Waals surface area contributed by atoms with Gasteiger partial charge in [-0.05, 0) is 32.0 Å². The number of hydrogen-bond donors (Lipinski definition) is 0. The van der Waals surface area contributed by atoms with Gasteiger partial charge in [0, 0.05) is 17.9 Å². The van der Waals surface area contributed by atoms with Gasteiger partial charge in [-0.2, -0.15) is 23.7 Å². The minimum Gasteiger partial charge on any atom is -0.310 e. The Labute approximate surface area is 170 Å². The molecule has 1 unspecified atom stereocenters. The smallest absolute Gasteiger partial charge is 0.310 e. The number of hydrogen-bond acceptors (Lipinski definition) is 5. The number of amides is 1. The van der Waals surface area contributed by atoms with Gasteiger partial charge < -0.3 is 4.90 Å². The molecule has 1 amide bonds. The van der Waals surface area contributed by atoms with Gasteiger partial charge in [-0.15, -0.1) is 0 Å². The van der Waals surface area contributed by atoms with Gasteiger partial charge in [0.15, 0.2) is 0 Å². The van der Waals surface area contributed by atoms with Crippen molar-refractivity contribution in [3.8, 4) is 12.1 Å². The zero-order valence-corrected chi connectivity index (χ0v) is 16.5. The molecule has 5 nitrogen and oxygen atoms in total. The van der Waals surface area contributed by atoms with E-state index < -0.39 is 28.5 Å². The molecule has 0 saturated heterocycles. The summed E-state index contributed by atoms with van der Waals surface area (Å²) >= 11 is 0.796. The molecule has 1 atom stereocenters. The molecule has 0 aliphatic heterocycles. The average Bonchev–Trinajstić information content (AvgIpc) is 2.67. The van der Waals surface area contributed by atoms with Crippen LogP contribution in [0, 0.1) is 29.6 Å². The van der Waals surface area contributed by atoms with E-state index >= 15 is 0 Å². The highest BCUT2D eigenvalue weighted by Gasteiger charge is 2.36. The topological polar surface area (TPSA) is 80.8 Å². The normalized spacial score (nSPS) is 12.0. The number of thioether (sulfide) groups is 1. The van der Waals surface area contributed by atoms with Crippen molar-refractivity contribution in [3.63, 3.8) is 0 Å². The summed E-state index contributed by atoms with van der Waals surface area (Å²) in [6, 6.07) is 13.0. The first kappa shape index (κ1) is 22.3. The van der Waals surface area contributed by atoms with Crippen molar-refractivity contribution in [3.05, 3.63) is 53.2 Å². The molecule has 0 spiro atoms. The molecule has 2 rings (SSSR count). The number of para-hydroxylation sites is 1. The van der Waals surface area contributed by atoms with Crippen molar-refractivity contribution in [1.29, 1.82) is 10.5 Å². The fourth-order valence-corrected chi connectivity index (χ4v) is 3.67. The molecule has 1 aromatic heterocycles. The first-order valence-electron chi connectivity index (χ1n) is 8.58. The number of benzene rings is 1. The first-order chi connectivity index (χ1) is 13.7. The Morgan fingerprint density at radius 2 is 1.93 bits per heavy atom. The van der Waals surface area contributed by atoms with E-state index in [-0.39, 0.29) is 23.7 Å². The summed E-state index contributed by atoms with van der Waals surface area (Å²) in [5, 5.41) is 17.2. The molecular formula is C20H17F3N4OS. The number of pyridine rings is 1. The molecule has 9 heteroatoms. The third-order valence-corrected chi connectivity index (χ3v) is 5.02. The zero-order chi connectivity index (χ0) is 21.6. The van der Waals surface area contributed by atoms with Gasteiger partial charge in [-0.1, -0.05) is 30.0 Å². The number of carbonyl (C=O) groups excluding carboxylic acids is 1. The number of alkyl halides is 3. The lowest BCUT2D eigenvalue weighted by Crippen LogP contribution is -2.37. The summed E-state index contributed by atoms with van der Waals surface area (Å²) in [4.78, 5) is 18.4. The molecule has 0 aliphatic carbocycles. The Morgan fingerprint density at radius 1 is 1.28 bits per heavy atom. The van der Waals surface area contributed by atoms with Crippen LogP contribution in [0.4, 0.5) is 18.9 Å². The third kappa shape index (κ3) is 5.49. The van der Waals surface area contributed by atoms with E-state index in [0.717, 1.165) is 17.8 Å². The Morgan fingerprint density at radius 3 is 2.48 bits per heavy atom. The molecule has 0 aliphatic rings. The van der Waals surface area contributed by atoms with Crippen LogP contribution >= 0.6 is 11.8 Å². The van der Waals surface area contributed by atoms with Crippen molar-refractivity contribution < 1.29 is 18.0 Å². The lowest BCUT2D eigenvalue weighted by molar-refractivity contribution is -0.138. The zero-order valence-electron chi connectivity index (χ0n) is 15.7. The second kappa shape index (κ2) is 9.44. The van der Waals surface area contributed by atoms with Crippen molar-refractivity contribution in [1.82, 2.24) is 4.98 Å². The molecule has 0 bridgehead atoms. The van der Waals surface area contributed by atoms with Gasteiger partial charge in [-0.25, -0.2) is 4.98 Å². The number of halogens is 3. The van der Waals surface area contributed by atoms with E-state index in [2.05, 4.69) is 4.98 Å². The van der Waals surface area contributed by atoms with E-state index in [1.54, 1.807) is 36.4 Å². The molecule has 0 saturated carbocycles. The summed E-state index contributed by atoms with van der Waals surface area (Å²) < 4.78 is 39.9. The van der Waals surface area contributed by atoms with Crippen molar-refractivity contribution in [2.45, 2.75) is 36.7 Å². The number of carbonyl (C=O) groups is 1. The fraction of sp³-hybridized carbons (Fsp3) is 0.300. The Hall–Kier alpha value is -3.04. The number of rotatable bonds is 6. The highest BCUT2D eigenvalue weighted by Crippen LogP contribution is 2.37. The minimum absolute atomic E-state index is 0.0996. The lowest BCUT2D eigenvalue weighted by atomic mass is 10.1. The second-order valence-corrected chi connectivity index (χ2v) is 7.42. The van der Waals surface area contributed by atoms with E-state index in [1.807, 2.05) is 6.07 Å². The number of aromatic nitrogens is 1. The Balaban J connectivity index is 2.36. The summed E-state index contributed by atoms with van der Waals surface area (Å²) in [6.45, 7) is 3.08. The highest BCUT2D eigenvalue weighted by molar-refractivity contribution is 8.00. The molecule has 2 aromatic rings. The van der Waals surface area contributed by atoms with Crippen LogP contribution in [0.3, 0.4) is 0 Å². The molecule has 0 radical (unpaired) electrons. The minimum atomic E-state index is -4.70. The van der Waals surface area contributed by atoms with Crippen LogP contribution in [0.1, 0.15) is 30.2 Å². The molecule has 0 N–H and O–H groups in total. The quantitative estimate of drug-likeness (QED) is 0.635. The van der Waals surface area contributed by atoms with Crippen LogP contribution in [0.5, 0.6) is 0 Å². The van der Waals surface area contributed by atoms with E-state index in [9.17, 15) is 23.2 Å². The number of nitriles is 2. The average molecular weight is 418 g/mol. The monoisotopic (exact) mass is 418 g/mol. The molecule has 1 heterocycles. The maximum absolute atomic E-state index is 13.3. The number of anilines is 1. The van der Waals surface area contributed by atoms with Gasteiger partial charge in [-0.3, -0.25) is 4.79 Å². The second-order valence-electron chi connectivity index (χ2n) is 6.09. The predicted molar refractivity (Wildman–Crippen MR) is 103 cm³/mol. The molecule has 150 valence electrons. The number of nitrogens with zero attached hydrogens (tertiary/aromatic N) is 4. The summed E-state index contributed by atoms with van der Waals surface area (Å²) in [5.41, 5.74) is -0.994. The van der Waals surface area contributed by atoms with Gasteiger partial charge >= 0.3 is 6.18 Å². The molecule has 1 aromatic carbocycles. The fourth-order valence-electron chi connectivity index (χ4n) is 2.64. The first-order valence-corrected chi connectivity index (χ1v) is 9.46. The molecule has 29 heavy (non-hydrogen) atoms. The van der Waals surface area contributed by atoms with Crippen LogP contribution in [-0.2, 0) is 11.0 Å². The molecular weight excluding hydrogens is 401 g/mol. The van der Waals surface area contributed by atoms with Crippen LogP contribution < -0.4 is 4.90 Å². The van der Waals surface area contributed by atoms with Crippen LogP contribution in [0.25, 0.3) is 0 Å². The lowest BCUT2D eigenvalue weighted by Gasteiger charge is -2.25. The summed E-state index contributed by atoms with van der Waals surface area (Å²) in [5.74, 6) is -0.391. The van der Waals surface area contributed by atoms with Crippen LogP contribution in [0.15, 0.2) is 41.4 Å². The molecule has 0 fully saturated rings. The van der Waals surface area contributed by atoms with Crippen molar-refractivity contribution in [2.75, 3.05) is 11.4 Å². The van der Waals surface area contributed by atoms with E-state index in [1.165, 1.54) is 18.7 Å². The van der Waals surface area contributed by atoms with Crippen LogP contribution in [-0.4, -0.2) is 22.7 Å². The van der Waals surface area contributed by atoms with Gasteiger partial charge in [0.25, 0.3) is 0 Å². The highest BCUT2D eigenvalue weighted by atomic mass is 32.2. The Kier molecular flexibility index (Phi) is 7.24. The Bertz CT molecular complexity index is 965. The third-order valence-electron chi connectivity index (χ3n) is 3.95. The van der Waals surface area contributed by atoms with Crippen LogP contribution in [0.2, 0.25) is 0 Å². The van der Waals surface area contributed by atoms with Gasteiger partial charge in [0.05, 0.1) is 28.9 Å². The SMILES string of the molecule is Cc1cc(C(F)(F)F)c(C#N)c(SC(C)C(=O)N(CCC#N)c2ccccc2)n1. The van der Waals surface area contributed by atoms with Gasteiger partial charge in [0.2, 0.25) is 5.91 Å². The standard InChI is InChI=1S/C20H17F3N4OS/c1-13-11-17(20(21,22)23)16(12-25)18(26-13)29-14(2)19(28)27(10-6-9-24)15-7-4-3-5-8-15/h3-5,7-8,11,14H,6,10H2,1-2H3. The van der Waals surface area contributed by atoms with Crippen molar-refractivity contribution >= 4 is 23.4 Å².